The summed E-state index contributed by atoms with van der Waals surface area (Å²) in [5.41, 5.74) is 0.169. The summed E-state index contributed by atoms with van der Waals surface area (Å²) in [6.07, 6.45) is -0.0729. The normalized spacial score (nSPS) is 11.7. The van der Waals surface area contributed by atoms with Crippen LogP contribution in [0.2, 0.25) is 0 Å². The number of carbonyl (C=O) groups is 1. The van der Waals surface area contributed by atoms with Gasteiger partial charge in [0.1, 0.15) is 11.6 Å². The van der Waals surface area contributed by atoms with E-state index in [9.17, 15) is 14.9 Å². The van der Waals surface area contributed by atoms with Crippen molar-refractivity contribution in [2.75, 3.05) is 5.32 Å². The van der Waals surface area contributed by atoms with Gasteiger partial charge in [-0.3, -0.25) is 14.9 Å². The zero-order valence-corrected chi connectivity index (χ0v) is 11.2. The Bertz CT molecular complexity index is 563. The molecule has 0 radical (unpaired) electrons. The number of nitro groups is 1. The highest BCUT2D eigenvalue weighted by atomic mass is 16.6. The number of nitro benzene ring substituents is 1. The number of carboxylic acid groups (broad SMARTS) is 1. The van der Waals surface area contributed by atoms with Crippen molar-refractivity contribution in [3.63, 3.8) is 0 Å². The number of hydrogen-bond donors (Lipinski definition) is 2. The average molecular weight is 277 g/mol. The van der Waals surface area contributed by atoms with Gasteiger partial charge in [0.25, 0.3) is 5.69 Å². The minimum Gasteiger partial charge on any atom is -0.481 e. The Morgan fingerprint density at radius 2 is 2.20 bits per heavy atom. The van der Waals surface area contributed by atoms with Crippen molar-refractivity contribution in [3.05, 3.63) is 33.9 Å². The van der Waals surface area contributed by atoms with Crippen molar-refractivity contribution in [1.82, 2.24) is 0 Å². The van der Waals surface area contributed by atoms with E-state index in [1.165, 1.54) is 18.2 Å². The van der Waals surface area contributed by atoms with Crippen LogP contribution in [0, 0.1) is 27.4 Å². The molecule has 1 aromatic rings. The monoisotopic (exact) mass is 277 g/mol. The first-order valence-corrected chi connectivity index (χ1v) is 6.02. The molecule has 0 spiro atoms. The third-order valence-corrected chi connectivity index (χ3v) is 2.87. The number of carboxylic acids is 1. The maximum atomic E-state index is 10.8. The number of nitrogens with zero attached hydrogens (tertiary/aromatic N) is 2. The van der Waals surface area contributed by atoms with E-state index in [-0.39, 0.29) is 29.6 Å². The van der Waals surface area contributed by atoms with Gasteiger partial charge in [0.05, 0.1) is 11.3 Å². The van der Waals surface area contributed by atoms with Crippen molar-refractivity contribution in [2.24, 2.45) is 5.92 Å². The highest BCUT2D eigenvalue weighted by Crippen LogP contribution is 2.23. The summed E-state index contributed by atoms with van der Waals surface area (Å²) in [6.45, 7) is 3.74. The lowest BCUT2D eigenvalue weighted by molar-refractivity contribution is -0.385. The third-order valence-electron chi connectivity index (χ3n) is 2.87. The van der Waals surface area contributed by atoms with Crippen LogP contribution in [0.5, 0.6) is 0 Å². The van der Waals surface area contributed by atoms with Crippen molar-refractivity contribution in [2.45, 2.75) is 26.3 Å². The topological polar surface area (TPSA) is 116 Å². The van der Waals surface area contributed by atoms with Crippen LogP contribution in [0.1, 0.15) is 25.8 Å². The molecule has 0 amide bonds. The molecular weight excluding hydrogens is 262 g/mol. The van der Waals surface area contributed by atoms with Crippen LogP contribution in [0.15, 0.2) is 18.2 Å². The van der Waals surface area contributed by atoms with Gasteiger partial charge in [-0.2, -0.15) is 5.26 Å². The van der Waals surface area contributed by atoms with Crippen LogP contribution in [0.25, 0.3) is 0 Å². The molecule has 106 valence electrons. The summed E-state index contributed by atoms with van der Waals surface area (Å²) in [5.74, 6) is -0.870. The van der Waals surface area contributed by atoms with E-state index in [4.69, 9.17) is 10.4 Å². The lowest BCUT2D eigenvalue weighted by Crippen LogP contribution is -2.28. The van der Waals surface area contributed by atoms with Crippen LogP contribution in [-0.4, -0.2) is 22.0 Å². The van der Waals surface area contributed by atoms with Crippen molar-refractivity contribution >= 4 is 17.3 Å². The Kier molecular flexibility index (Phi) is 5.03. The zero-order valence-electron chi connectivity index (χ0n) is 11.2. The molecule has 0 heterocycles. The fraction of sp³-hybridized carbons (Fsp3) is 0.385. The molecule has 0 bridgehead atoms. The molecule has 0 aliphatic carbocycles. The first kappa shape index (κ1) is 15.4. The van der Waals surface area contributed by atoms with E-state index in [1.807, 2.05) is 13.8 Å². The van der Waals surface area contributed by atoms with Crippen molar-refractivity contribution < 1.29 is 14.8 Å². The first-order chi connectivity index (χ1) is 9.35. The van der Waals surface area contributed by atoms with E-state index in [0.717, 1.165) is 0 Å². The molecule has 1 unspecified atom stereocenters. The standard InChI is InChI=1S/C13H15N3O4/c1-8(2)11(6-13(17)18)15-10-3-4-12(16(19)20)9(5-10)7-14/h3-5,8,11,15H,6H2,1-2H3,(H,17,18). The average Bonchev–Trinajstić information content (AvgIpc) is 2.36. The molecule has 0 aliphatic heterocycles. The fourth-order valence-corrected chi connectivity index (χ4v) is 1.73. The van der Waals surface area contributed by atoms with Crippen LogP contribution >= 0.6 is 0 Å². The number of nitrogens with one attached hydrogen (secondary N) is 1. The molecule has 0 aliphatic rings. The van der Waals surface area contributed by atoms with E-state index in [2.05, 4.69) is 5.32 Å². The quantitative estimate of drug-likeness (QED) is 0.609. The number of benzene rings is 1. The summed E-state index contributed by atoms with van der Waals surface area (Å²) in [5, 5.41) is 31.5. The Labute approximate surface area is 116 Å². The van der Waals surface area contributed by atoms with Gasteiger partial charge in [0.15, 0.2) is 0 Å². The molecule has 20 heavy (non-hydrogen) atoms. The molecule has 1 atom stereocenters. The van der Waals surface area contributed by atoms with Gasteiger partial charge in [-0.1, -0.05) is 13.8 Å². The molecule has 0 saturated carbocycles. The Hall–Kier alpha value is -2.62. The van der Waals surface area contributed by atoms with E-state index in [0.29, 0.717) is 5.69 Å². The lowest BCUT2D eigenvalue weighted by atomic mass is 10.0. The largest absolute Gasteiger partial charge is 0.481 e. The van der Waals surface area contributed by atoms with Gasteiger partial charge in [0, 0.05) is 17.8 Å². The summed E-state index contributed by atoms with van der Waals surface area (Å²) in [4.78, 5) is 20.9. The smallest absolute Gasteiger partial charge is 0.305 e. The highest BCUT2D eigenvalue weighted by molar-refractivity contribution is 5.68. The Balaban J connectivity index is 3.00. The predicted octanol–water partition coefficient (Wildman–Crippen LogP) is 2.38. The predicted molar refractivity (Wildman–Crippen MR) is 72.3 cm³/mol. The molecule has 7 nitrogen and oxygen atoms in total. The maximum absolute atomic E-state index is 10.8. The fourth-order valence-electron chi connectivity index (χ4n) is 1.73. The third kappa shape index (κ3) is 3.95. The number of rotatable bonds is 6. The summed E-state index contributed by atoms with van der Waals surface area (Å²) in [7, 11) is 0. The van der Waals surface area contributed by atoms with Crippen LogP contribution in [0.3, 0.4) is 0 Å². The minimum absolute atomic E-state index is 0.0576. The number of nitriles is 1. The molecule has 7 heteroatoms. The van der Waals surface area contributed by atoms with Gasteiger partial charge in [0.2, 0.25) is 0 Å². The second-order valence-corrected chi connectivity index (χ2v) is 4.69. The number of aliphatic carboxylic acids is 1. The molecule has 0 aromatic heterocycles. The van der Waals surface area contributed by atoms with E-state index >= 15 is 0 Å². The van der Waals surface area contributed by atoms with Crippen LogP contribution in [-0.2, 0) is 4.79 Å². The van der Waals surface area contributed by atoms with Gasteiger partial charge in [-0.25, -0.2) is 0 Å². The molecule has 1 aromatic carbocycles. The Morgan fingerprint density at radius 3 is 2.65 bits per heavy atom. The van der Waals surface area contributed by atoms with Gasteiger partial charge < -0.3 is 10.4 Å². The molecule has 0 fully saturated rings. The minimum atomic E-state index is -0.932. The summed E-state index contributed by atoms with van der Waals surface area (Å²) >= 11 is 0. The van der Waals surface area contributed by atoms with Crippen molar-refractivity contribution in [1.29, 1.82) is 5.26 Å². The number of anilines is 1. The summed E-state index contributed by atoms with van der Waals surface area (Å²) in [6, 6.07) is 5.50. The second-order valence-electron chi connectivity index (χ2n) is 4.69. The second kappa shape index (κ2) is 6.52. The van der Waals surface area contributed by atoms with E-state index in [1.54, 1.807) is 6.07 Å². The SMILES string of the molecule is CC(C)C(CC(=O)O)Nc1ccc([N+](=O)[O-])c(C#N)c1. The zero-order chi connectivity index (χ0) is 15.3. The van der Waals surface area contributed by atoms with Crippen molar-refractivity contribution in [3.8, 4) is 6.07 Å². The molecular formula is C13H15N3O4. The highest BCUT2D eigenvalue weighted by Gasteiger charge is 2.19. The molecule has 0 saturated heterocycles. The van der Waals surface area contributed by atoms with E-state index < -0.39 is 10.9 Å². The lowest BCUT2D eigenvalue weighted by Gasteiger charge is -2.21. The van der Waals surface area contributed by atoms with Gasteiger partial charge in [-0.15, -0.1) is 0 Å². The maximum Gasteiger partial charge on any atom is 0.305 e. The van der Waals surface area contributed by atoms with Crippen LogP contribution < -0.4 is 5.32 Å². The molecule has 2 N–H and O–H groups in total. The Morgan fingerprint density at radius 1 is 1.55 bits per heavy atom. The van der Waals surface area contributed by atoms with Gasteiger partial charge in [-0.05, 0) is 18.1 Å². The van der Waals surface area contributed by atoms with Crippen LogP contribution in [0.4, 0.5) is 11.4 Å². The number of hydrogen-bond acceptors (Lipinski definition) is 5. The van der Waals surface area contributed by atoms with Gasteiger partial charge >= 0.3 is 5.97 Å². The molecule has 1 rings (SSSR count). The first-order valence-electron chi connectivity index (χ1n) is 6.02. The summed E-state index contributed by atoms with van der Waals surface area (Å²) < 4.78 is 0.